The molecular weight excluding hydrogens is 442 g/mol. The number of carbonyl (C=O) groups is 2. The van der Waals surface area contributed by atoms with Gasteiger partial charge in [0.15, 0.2) is 0 Å². The monoisotopic (exact) mass is 463 g/mol. The van der Waals surface area contributed by atoms with Crippen molar-refractivity contribution in [1.82, 2.24) is 0 Å². The molecule has 0 aromatic heterocycles. The fourth-order valence-electron chi connectivity index (χ4n) is 4.46. The molecule has 2 atom stereocenters. The quantitative estimate of drug-likeness (QED) is 0.362. The largest absolute Gasteiger partial charge is 0.309 e. The summed E-state index contributed by atoms with van der Waals surface area (Å²) in [5.41, 5.74) is 2.09. The lowest BCUT2D eigenvalue weighted by Crippen LogP contribution is -2.47. The molecule has 0 bridgehead atoms. The Labute approximate surface area is 196 Å². The van der Waals surface area contributed by atoms with Crippen LogP contribution in [0, 0.1) is 10.1 Å². The third-order valence-corrected chi connectivity index (χ3v) is 6.17. The van der Waals surface area contributed by atoms with E-state index in [1.807, 2.05) is 61.5 Å². The molecule has 1 heterocycles. The van der Waals surface area contributed by atoms with E-state index in [2.05, 4.69) is 0 Å². The molecule has 0 radical (unpaired) electrons. The normalized spacial score (nSPS) is 17.2. The predicted molar refractivity (Wildman–Crippen MR) is 128 cm³/mol. The molecule has 1 aliphatic heterocycles. The van der Waals surface area contributed by atoms with Gasteiger partial charge >= 0.3 is 0 Å². The molecule has 8 heteroatoms. The molecule has 0 fully saturated rings. The Balaban J connectivity index is 1.87. The number of amides is 2. The Morgan fingerprint density at radius 3 is 2.39 bits per heavy atom. The first-order valence-electron chi connectivity index (χ1n) is 10.5. The number of nitrogens with zero attached hydrogens (tertiary/aromatic N) is 3. The maximum Gasteiger partial charge on any atom is 0.288 e. The van der Waals surface area contributed by atoms with Gasteiger partial charge in [-0.05, 0) is 49.2 Å². The number of fused-ring (bicyclic) bond motifs is 1. The minimum absolute atomic E-state index is 0.0310. The number of hydrogen-bond acceptors (Lipinski definition) is 4. The van der Waals surface area contributed by atoms with Crippen molar-refractivity contribution in [1.29, 1.82) is 0 Å². The molecule has 4 rings (SSSR count). The molecule has 1 aliphatic rings. The van der Waals surface area contributed by atoms with Crippen molar-refractivity contribution in [2.45, 2.75) is 32.4 Å². The topological polar surface area (TPSA) is 83.8 Å². The number of benzene rings is 3. The van der Waals surface area contributed by atoms with Crippen molar-refractivity contribution < 1.29 is 14.5 Å². The predicted octanol–water partition coefficient (Wildman–Crippen LogP) is 5.78. The Hall–Kier alpha value is -3.71. The highest BCUT2D eigenvalue weighted by Gasteiger charge is 2.38. The zero-order valence-electron chi connectivity index (χ0n) is 18.1. The van der Waals surface area contributed by atoms with Crippen LogP contribution in [-0.2, 0) is 4.79 Å². The standard InChI is InChI=1S/C25H22ClN3O4/c1-16-14-23(20-10-6-7-11-22(20)27(16)17(2)30)28(19-8-4-3-5-9-19)25(31)18-12-13-21(26)24(15-18)29(32)33/h3-13,15-16,23H,14H2,1-2H3. The summed E-state index contributed by atoms with van der Waals surface area (Å²) in [5.74, 6) is -0.455. The van der Waals surface area contributed by atoms with E-state index in [-0.39, 0.29) is 40.2 Å². The van der Waals surface area contributed by atoms with Gasteiger partial charge in [0.2, 0.25) is 5.91 Å². The maximum atomic E-state index is 13.8. The van der Waals surface area contributed by atoms with E-state index in [1.54, 1.807) is 9.80 Å². The summed E-state index contributed by atoms with van der Waals surface area (Å²) in [6.45, 7) is 3.48. The van der Waals surface area contributed by atoms with Crippen molar-refractivity contribution in [3.63, 3.8) is 0 Å². The first-order chi connectivity index (χ1) is 15.8. The van der Waals surface area contributed by atoms with Crippen LogP contribution in [0.15, 0.2) is 72.8 Å². The second kappa shape index (κ2) is 9.03. The van der Waals surface area contributed by atoms with E-state index in [4.69, 9.17) is 11.6 Å². The summed E-state index contributed by atoms with van der Waals surface area (Å²) in [5, 5.41) is 11.4. The Morgan fingerprint density at radius 1 is 1.06 bits per heavy atom. The van der Waals surface area contributed by atoms with E-state index < -0.39 is 4.92 Å². The van der Waals surface area contributed by atoms with Crippen molar-refractivity contribution in [3.8, 4) is 0 Å². The summed E-state index contributed by atoms with van der Waals surface area (Å²) < 4.78 is 0. The van der Waals surface area contributed by atoms with Crippen molar-refractivity contribution in [2.75, 3.05) is 9.80 Å². The van der Waals surface area contributed by atoms with Gasteiger partial charge in [-0.2, -0.15) is 0 Å². The highest BCUT2D eigenvalue weighted by molar-refractivity contribution is 6.32. The SMILES string of the molecule is CC(=O)N1c2ccccc2C(N(C(=O)c2ccc(Cl)c([N+](=O)[O-])c2)c2ccccc2)CC1C. The molecule has 3 aromatic rings. The number of hydrogen-bond donors (Lipinski definition) is 0. The van der Waals surface area contributed by atoms with E-state index in [9.17, 15) is 19.7 Å². The van der Waals surface area contributed by atoms with Crippen LogP contribution in [0.5, 0.6) is 0 Å². The second-order valence-electron chi connectivity index (χ2n) is 7.98. The number of nitro benzene ring substituents is 1. The van der Waals surface area contributed by atoms with Crippen molar-refractivity contribution >= 4 is 40.5 Å². The van der Waals surface area contributed by atoms with Gasteiger partial charge in [-0.1, -0.05) is 48.0 Å². The van der Waals surface area contributed by atoms with Crippen LogP contribution in [0.3, 0.4) is 0 Å². The van der Waals surface area contributed by atoms with E-state index >= 15 is 0 Å². The molecule has 168 valence electrons. The van der Waals surface area contributed by atoms with E-state index in [0.717, 1.165) is 11.3 Å². The summed E-state index contributed by atoms with van der Waals surface area (Å²) >= 11 is 5.97. The molecule has 0 aliphatic carbocycles. The van der Waals surface area contributed by atoms with Crippen LogP contribution in [-0.4, -0.2) is 22.8 Å². The maximum absolute atomic E-state index is 13.8. The average Bonchev–Trinajstić information content (AvgIpc) is 2.79. The smallest absolute Gasteiger partial charge is 0.288 e. The van der Waals surface area contributed by atoms with Crippen LogP contribution < -0.4 is 9.80 Å². The molecular formula is C25H22ClN3O4. The average molecular weight is 464 g/mol. The van der Waals surface area contributed by atoms with Crippen LogP contribution in [0.1, 0.15) is 42.2 Å². The molecule has 0 spiro atoms. The van der Waals surface area contributed by atoms with Gasteiger partial charge in [-0.3, -0.25) is 19.7 Å². The highest BCUT2D eigenvalue weighted by Crippen LogP contribution is 2.43. The minimum Gasteiger partial charge on any atom is -0.309 e. The summed E-state index contributed by atoms with van der Waals surface area (Å²) in [6.07, 6.45) is 0.507. The summed E-state index contributed by atoms with van der Waals surface area (Å²) in [7, 11) is 0. The number of halogens is 1. The number of rotatable bonds is 4. The molecule has 7 nitrogen and oxygen atoms in total. The molecule has 0 N–H and O–H groups in total. The first-order valence-corrected chi connectivity index (χ1v) is 10.9. The fourth-order valence-corrected chi connectivity index (χ4v) is 4.64. The molecule has 33 heavy (non-hydrogen) atoms. The number of para-hydroxylation sites is 2. The van der Waals surface area contributed by atoms with Crippen LogP contribution in [0.4, 0.5) is 17.1 Å². The van der Waals surface area contributed by atoms with Gasteiger partial charge < -0.3 is 9.80 Å². The van der Waals surface area contributed by atoms with Gasteiger partial charge in [-0.25, -0.2) is 0 Å². The molecule has 2 amide bonds. The van der Waals surface area contributed by atoms with Crippen molar-refractivity contribution in [2.24, 2.45) is 0 Å². The third kappa shape index (κ3) is 4.19. The molecule has 0 saturated carbocycles. The lowest BCUT2D eigenvalue weighted by molar-refractivity contribution is -0.384. The number of nitro groups is 1. The van der Waals surface area contributed by atoms with Crippen LogP contribution in [0.2, 0.25) is 5.02 Å². The lowest BCUT2D eigenvalue weighted by Gasteiger charge is -2.43. The zero-order valence-corrected chi connectivity index (χ0v) is 18.9. The van der Waals surface area contributed by atoms with Crippen molar-refractivity contribution in [3.05, 3.63) is 99.1 Å². The summed E-state index contributed by atoms with van der Waals surface area (Å²) in [4.78, 5) is 40.4. The molecule has 2 unspecified atom stereocenters. The highest BCUT2D eigenvalue weighted by atomic mass is 35.5. The van der Waals surface area contributed by atoms with E-state index in [0.29, 0.717) is 12.1 Å². The molecule has 0 saturated heterocycles. The van der Waals surface area contributed by atoms with Gasteiger partial charge in [-0.15, -0.1) is 0 Å². The Kier molecular flexibility index (Phi) is 6.16. The number of carbonyl (C=O) groups excluding carboxylic acids is 2. The first kappa shape index (κ1) is 22.5. The van der Waals surface area contributed by atoms with Gasteiger partial charge in [0.1, 0.15) is 5.02 Å². The third-order valence-electron chi connectivity index (χ3n) is 5.85. The Morgan fingerprint density at radius 2 is 1.73 bits per heavy atom. The molecule has 3 aromatic carbocycles. The Bertz CT molecular complexity index is 1230. The summed E-state index contributed by atoms with van der Waals surface area (Å²) in [6, 6.07) is 20.2. The fraction of sp³-hybridized carbons (Fsp3) is 0.200. The second-order valence-corrected chi connectivity index (χ2v) is 8.39. The van der Waals surface area contributed by atoms with Crippen LogP contribution in [0.25, 0.3) is 0 Å². The van der Waals surface area contributed by atoms with Gasteiger partial charge in [0, 0.05) is 36.0 Å². The van der Waals surface area contributed by atoms with Crippen LogP contribution >= 0.6 is 11.6 Å². The van der Waals surface area contributed by atoms with Gasteiger partial charge in [0.25, 0.3) is 11.6 Å². The lowest BCUT2D eigenvalue weighted by atomic mass is 9.89. The zero-order chi connectivity index (χ0) is 23.7. The van der Waals surface area contributed by atoms with E-state index in [1.165, 1.54) is 25.1 Å². The van der Waals surface area contributed by atoms with Gasteiger partial charge in [0.05, 0.1) is 11.0 Å². The number of anilines is 2. The minimum atomic E-state index is -0.602.